The molecule has 2 N–H and O–H groups in total. The molecule has 0 radical (unpaired) electrons. The first kappa shape index (κ1) is 13.9. The SMILES string of the molecule is CC(C1CCNCC1)N1CC2C3=CC1=C2C=C3.CNC. The molecule has 110 valence electrons. The molecule has 20 heavy (non-hydrogen) atoms. The minimum absolute atomic E-state index is 0.719. The number of hydrogen-bond donors (Lipinski definition) is 2. The molecule has 0 aromatic rings. The number of hydrogen-bond acceptors (Lipinski definition) is 3. The average molecular weight is 273 g/mol. The van der Waals surface area contributed by atoms with Crippen molar-refractivity contribution < 1.29 is 0 Å². The third kappa shape index (κ3) is 2.23. The van der Waals surface area contributed by atoms with Crippen LogP contribution < -0.4 is 10.6 Å². The van der Waals surface area contributed by atoms with Gasteiger partial charge in [0.1, 0.15) is 0 Å². The third-order valence-corrected chi connectivity index (χ3v) is 5.08. The lowest BCUT2D eigenvalue weighted by atomic mass is 9.89. The highest BCUT2D eigenvalue weighted by Crippen LogP contribution is 2.48. The van der Waals surface area contributed by atoms with E-state index in [2.05, 4.69) is 40.7 Å². The van der Waals surface area contributed by atoms with Crippen LogP contribution in [0.2, 0.25) is 0 Å². The Bertz CT molecular complexity index is 455. The Balaban J connectivity index is 0.000000373. The molecule has 0 amide bonds. The summed E-state index contributed by atoms with van der Waals surface area (Å²) in [6.45, 7) is 6.09. The lowest BCUT2D eigenvalue weighted by molar-refractivity contribution is 0.176. The second-order valence-corrected chi connectivity index (χ2v) is 6.35. The van der Waals surface area contributed by atoms with Gasteiger partial charge in [0.25, 0.3) is 0 Å². The Labute approximate surface area is 122 Å². The van der Waals surface area contributed by atoms with Crippen LogP contribution in [0.5, 0.6) is 0 Å². The second kappa shape index (κ2) is 5.74. The van der Waals surface area contributed by atoms with Crippen LogP contribution in [0.3, 0.4) is 0 Å². The molecule has 3 heteroatoms. The lowest BCUT2D eigenvalue weighted by Gasteiger charge is -2.38. The van der Waals surface area contributed by atoms with E-state index in [4.69, 9.17) is 0 Å². The molecule has 4 bridgehead atoms. The predicted octanol–water partition coefficient (Wildman–Crippen LogP) is 1.91. The maximum absolute atomic E-state index is 3.47. The highest BCUT2D eigenvalue weighted by molar-refractivity contribution is 5.60. The van der Waals surface area contributed by atoms with Gasteiger partial charge in [0.2, 0.25) is 0 Å². The van der Waals surface area contributed by atoms with Crippen molar-refractivity contribution in [2.24, 2.45) is 11.8 Å². The highest BCUT2D eigenvalue weighted by Gasteiger charge is 2.42. The van der Waals surface area contributed by atoms with Gasteiger partial charge in [-0.1, -0.05) is 12.2 Å². The Morgan fingerprint density at radius 3 is 2.55 bits per heavy atom. The minimum atomic E-state index is 0.719. The van der Waals surface area contributed by atoms with Crippen molar-refractivity contribution in [3.8, 4) is 0 Å². The van der Waals surface area contributed by atoms with E-state index in [9.17, 15) is 0 Å². The van der Waals surface area contributed by atoms with Gasteiger partial charge in [0.15, 0.2) is 0 Å². The van der Waals surface area contributed by atoms with Crippen LogP contribution in [-0.4, -0.2) is 44.7 Å². The molecule has 4 aliphatic rings. The largest absolute Gasteiger partial charge is 0.367 e. The molecular weight excluding hydrogens is 246 g/mol. The van der Waals surface area contributed by atoms with Gasteiger partial charge in [-0.2, -0.15) is 0 Å². The molecule has 0 aromatic carbocycles. The fraction of sp³-hybridized carbons (Fsp3) is 0.647. The van der Waals surface area contributed by atoms with Crippen molar-refractivity contribution in [1.29, 1.82) is 0 Å². The first-order chi connectivity index (χ1) is 9.76. The summed E-state index contributed by atoms with van der Waals surface area (Å²) in [6, 6.07) is 0.719. The second-order valence-electron chi connectivity index (χ2n) is 6.35. The molecule has 2 aliphatic carbocycles. The first-order valence-corrected chi connectivity index (χ1v) is 7.96. The summed E-state index contributed by atoms with van der Waals surface area (Å²) in [5.41, 5.74) is 4.70. The summed E-state index contributed by atoms with van der Waals surface area (Å²) in [5, 5.41) is 6.22. The van der Waals surface area contributed by atoms with Gasteiger partial charge in [0, 0.05) is 24.2 Å². The summed E-state index contributed by atoms with van der Waals surface area (Å²) in [5.74, 6) is 1.61. The van der Waals surface area contributed by atoms with E-state index in [1.807, 2.05) is 14.1 Å². The van der Waals surface area contributed by atoms with E-state index in [-0.39, 0.29) is 0 Å². The van der Waals surface area contributed by atoms with Crippen LogP contribution in [0.4, 0.5) is 0 Å². The zero-order chi connectivity index (χ0) is 14.1. The quantitative estimate of drug-likeness (QED) is 0.805. The van der Waals surface area contributed by atoms with Crippen LogP contribution in [0.25, 0.3) is 0 Å². The van der Waals surface area contributed by atoms with Crippen LogP contribution in [0.15, 0.2) is 35.1 Å². The van der Waals surface area contributed by atoms with Crippen LogP contribution >= 0.6 is 0 Å². The van der Waals surface area contributed by atoms with E-state index in [0.29, 0.717) is 0 Å². The van der Waals surface area contributed by atoms with Crippen LogP contribution in [0, 0.1) is 11.8 Å². The zero-order valence-corrected chi connectivity index (χ0v) is 12.9. The molecular formula is C17H27N3. The average Bonchev–Trinajstić information content (AvgIpc) is 3.15. The fourth-order valence-electron chi connectivity index (χ4n) is 3.97. The van der Waals surface area contributed by atoms with Crippen molar-refractivity contribution in [3.63, 3.8) is 0 Å². The van der Waals surface area contributed by atoms with E-state index in [1.54, 1.807) is 16.8 Å². The van der Waals surface area contributed by atoms with Crippen molar-refractivity contribution in [2.45, 2.75) is 25.8 Å². The van der Waals surface area contributed by atoms with E-state index in [0.717, 1.165) is 17.9 Å². The molecule has 0 aromatic heterocycles. The standard InChI is InChI=1S/C15H20N2.C2H7N/c1-10(11-4-6-16-7-5-11)17-9-14-12-2-3-13(14)15(17)8-12;1-3-2/h2-3,8,10-11,14,16H,4-7,9H2,1H3;3H,1-2H3. The molecule has 2 atom stereocenters. The monoisotopic (exact) mass is 273 g/mol. The highest BCUT2D eigenvalue weighted by atomic mass is 15.2. The maximum Gasteiger partial charge on any atom is 0.0411 e. The summed E-state index contributed by atoms with van der Waals surface area (Å²) < 4.78 is 0. The van der Waals surface area contributed by atoms with Gasteiger partial charge < -0.3 is 15.5 Å². The molecule has 0 saturated carbocycles. The first-order valence-electron chi connectivity index (χ1n) is 7.96. The molecule has 0 spiro atoms. The van der Waals surface area contributed by atoms with Crippen molar-refractivity contribution in [1.82, 2.24) is 15.5 Å². The summed E-state index contributed by atoms with van der Waals surface area (Å²) in [4.78, 5) is 2.67. The van der Waals surface area contributed by atoms with Gasteiger partial charge in [-0.25, -0.2) is 0 Å². The number of allylic oxidation sites excluding steroid dienone is 3. The molecule has 1 saturated heterocycles. The summed E-state index contributed by atoms with van der Waals surface area (Å²) in [6.07, 6.45) is 9.75. The molecule has 4 rings (SSSR count). The van der Waals surface area contributed by atoms with E-state index < -0.39 is 0 Å². The lowest BCUT2D eigenvalue weighted by Crippen LogP contribution is -2.42. The number of piperidine rings is 1. The Hall–Kier alpha value is -1.06. The molecule has 3 nitrogen and oxygen atoms in total. The van der Waals surface area contributed by atoms with Crippen LogP contribution in [0.1, 0.15) is 19.8 Å². The third-order valence-electron chi connectivity index (χ3n) is 5.08. The summed E-state index contributed by atoms with van der Waals surface area (Å²) >= 11 is 0. The summed E-state index contributed by atoms with van der Waals surface area (Å²) in [7, 11) is 3.75. The van der Waals surface area contributed by atoms with E-state index >= 15 is 0 Å². The molecule has 2 heterocycles. The molecule has 2 aliphatic heterocycles. The van der Waals surface area contributed by atoms with Gasteiger partial charge >= 0.3 is 0 Å². The maximum atomic E-state index is 3.47. The molecule has 2 unspecified atom stereocenters. The minimum Gasteiger partial charge on any atom is -0.367 e. The Kier molecular flexibility index (Phi) is 3.99. The van der Waals surface area contributed by atoms with Gasteiger partial charge in [-0.3, -0.25) is 0 Å². The number of rotatable bonds is 2. The van der Waals surface area contributed by atoms with E-state index in [1.165, 1.54) is 32.5 Å². The number of nitrogens with one attached hydrogen (secondary N) is 2. The topological polar surface area (TPSA) is 27.3 Å². The fourth-order valence-corrected chi connectivity index (χ4v) is 3.97. The van der Waals surface area contributed by atoms with Gasteiger partial charge in [0.05, 0.1) is 0 Å². The normalized spacial score (nSPS) is 28.6. The Morgan fingerprint density at radius 1 is 1.25 bits per heavy atom. The van der Waals surface area contributed by atoms with Crippen molar-refractivity contribution >= 4 is 0 Å². The predicted molar refractivity (Wildman–Crippen MR) is 84.5 cm³/mol. The smallest absolute Gasteiger partial charge is 0.0411 e. The van der Waals surface area contributed by atoms with Crippen molar-refractivity contribution in [3.05, 3.63) is 35.1 Å². The molecule has 1 fully saturated rings. The zero-order valence-electron chi connectivity index (χ0n) is 12.9. The number of nitrogens with zero attached hydrogens (tertiary/aromatic N) is 1. The Morgan fingerprint density at radius 2 is 1.95 bits per heavy atom. The van der Waals surface area contributed by atoms with Crippen LogP contribution in [-0.2, 0) is 0 Å². The van der Waals surface area contributed by atoms with Crippen molar-refractivity contribution in [2.75, 3.05) is 33.7 Å². The van der Waals surface area contributed by atoms with Gasteiger partial charge in [-0.05, 0) is 70.1 Å². The van der Waals surface area contributed by atoms with Gasteiger partial charge in [-0.15, -0.1) is 0 Å².